The first-order valence-corrected chi connectivity index (χ1v) is 47.5. The van der Waals surface area contributed by atoms with E-state index in [4.69, 9.17) is 95.7 Å². The molecule has 22 nitrogen and oxygen atoms in total. The third kappa shape index (κ3) is 70.6. The first kappa shape index (κ1) is 104. The van der Waals surface area contributed by atoms with Crippen LogP contribution in [0, 0.1) is 20.2 Å². The number of rotatable bonds is 18. The molecule has 0 aromatic carbocycles. The van der Waals surface area contributed by atoms with Crippen LogP contribution in [0.15, 0.2) is 12.4 Å². The standard InChI is InChI=1S/C12H11ClF6N4O4.C8H11F6NO2.C5H8F3NO2.C4HCl2N3O2.C4H6F3NO2.CH2Cl2.B2I3.B2I2.B2I/c1-27-9(24)6(4-12(17,18)19)22(3-2-11(14,15)16)8-7(23(25)26)5-20-10(13)21-8;1-17-6(16)5(4-8(12,13)14)15-3-2-7(9,10)11;1-11-4(10)3(9)2-5(6,7)8;5-3-2(9(10)11)1-7-4(6)8-3;5-4(6,7)1-2(8)3(9)10;2-1-3;1-2-5(3)4;1-4(2)3;1-2-3/h5-6H,2-4H2,1H3;5,15H,2-4H2,1H3;3H,2,9H2,1H3;1H;2H,1,8H2,(H,9,10);1H2;;;. The van der Waals surface area contributed by atoms with Crippen LogP contribution in [0.2, 0.25) is 15.7 Å². The number of esters is 3. The fourth-order valence-corrected chi connectivity index (χ4v) is 4.80. The average Bonchev–Trinajstić information content (AvgIpc) is 0.919. The van der Waals surface area contributed by atoms with Gasteiger partial charge in [0.15, 0.2) is 0 Å². The van der Waals surface area contributed by atoms with Crippen molar-refractivity contribution in [3.63, 3.8) is 0 Å². The topological polar surface area (TPSA) is 321 Å². The molecule has 0 amide bonds. The fourth-order valence-electron chi connectivity index (χ4n) is 4.30. The molecule has 10 radical (unpaired) electrons. The van der Waals surface area contributed by atoms with Crippen LogP contribution in [0.25, 0.3) is 0 Å². The predicted molar refractivity (Wildman–Crippen MR) is 354 cm³/mol. The molecule has 6 N–H and O–H groups in total. The van der Waals surface area contributed by atoms with Gasteiger partial charge in [-0.05, 0) is 23.2 Å². The van der Waals surface area contributed by atoms with Crippen molar-refractivity contribution in [3.05, 3.63) is 48.3 Å². The monoisotopic (exact) mass is 2120 g/mol. The number of ether oxygens (including phenoxy) is 3. The Bertz CT molecular complexity index is 2400. The number of alkyl halides is 20. The first-order valence-electron chi connectivity index (χ1n) is 21.5. The number of hydrogen-bond acceptors (Lipinski definition) is 19. The molecule has 0 saturated carbocycles. The summed E-state index contributed by atoms with van der Waals surface area (Å²) in [6, 6.07) is -7.63. The summed E-state index contributed by atoms with van der Waals surface area (Å²) < 4.78 is 228. The molecule has 0 aliphatic carbocycles. The number of carbonyl (C=O) groups excluding carboxylic acids is 3. The van der Waals surface area contributed by atoms with Crippen molar-refractivity contribution < 1.29 is 127 Å². The molecular formula is C34H39B6Cl5F18I6N10O12. The van der Waals surface area contributed by atoms with Crippen molar-refractivity contribution in [2.75, 3.05) is 44.7 Å². The summed E-state index contributed by atoms with van der Waals surface area (Å²) in [5.41, 5.74) is 18.1. The van der Waals surface area contributed by atoms with Gasteiger partial charge in [-0.15, -0.1) is 23.2 Å². The maximum absolute atomic E-state index is 12.8. The number of nitrogens with one attached hydrogen (secondary N) is 1. The zero-order valence-electron chi connectivity index (χ0n) is 45.0. The molecule has 0 aliphatic rings. The van der Waals surface area contributed by atoms with Crippen LogP contribution in [0.5, 0.6) is 0 Å². The number of carboxylic acids is 1. The van der Waals surface area contributed by atoms with Crippen LogP contribution in [0.1, 0.15) is 38.5 Å². The van der Waals surface area contributed by atoms with Gasteiger partial charge in [0.2, 0.25) is 21.5 Å². The van der Waals surface area contributed by atoms with E-state index >= 15 is 0 Å². The molecule has 57 heteroatoms. The zero-order chi connectivity index (χ0) is 73.8. The van der Waals surface area contributed by atoms with E-state index in [-0.39, 0.29) is 26.4 Å². The summed E-state index contributed by atoms with van der Waals surface area (Å²) in [4.78, 5) is 75.8. The van der Waals surface area contributed by atoms with Crippen molar-refractivity contribution in [1.29, 1.82) is 0 Å². The van der Waals surface area contributed by atoms with Gasteiger partial charge < -0.3 is 41.0 Å². The van der Waals surface area contributed by atoms with E-state index in [2.05, 4.69) is 95.7 Å². The molecule has 0 fully saturated rings. The van der Waals surface area contributed by atoms with Crippen molar-refractivity contribution in [2.24, 2.45) is 11.5 Å². The quantitative estimate of drug-likeness (QED) is 0.0103. The van der Waals surface area contributed by atoms with Crippen molar-refractivity contribution in [1.82, 2.24) is 25.3 Å². The van der Waals surface area contributed by atoms with E-state index in [1.807, 2.05) is 27.7 Å². The van der Waals surface area contributed by atoms with Crippen LogP contribution in [0.4, 0.5) is 96.2 Å². The van der Waals surface area contributed by atoms with E-state index in [1.54, 1.807) is 5.03 Å². The minimum atomic E-state index is -5.00. The van der Waals surface area contributed by atoms with Crippen LogP contribution in [-0.4, -0.2) is 197 Å². The van der Waals surface area contributed by atoms with Crippen LogP contribution in [0.3, 0.4) is 0 Å². The predicted octanol–water partition coefficient (Wildman–Crippen LogP) is 12.2. The number of nitro groups is 2. The van der Waals surface area contributed by atoms with Gasteiger partial charge in [-0.25, -0.2) is 14.8 Å². The number of anilines is 1. The number of hydrogen-bond donors (Lipinski definition) is 4. The molecule has 2 aromatic rings. The molecule has 4 unspecified atom stereocenters. The van der Waals surface area contributed by atoms with E-state index in [0.717, 1.165) is 27.5 Å². The summed E-state index contributed by atoms with van der Waals surface area (Å²) in [6.45, 7) is -2.02. The number of aliphatic carboxylic acids is 1. The molecule has 0 spiro atoms. The molecule has 4 atom stereocenters. The van der Waals surface area contributed by atoms with Crippen molar-refractivity contribution >= 4 is 241 Å². The van der Waals surface area contributed by atoms with Gasteiger partial charge in [0.25, 0.3) is 0 Å². The molecule has 0 saturated heterocycles. The number of aromatic nitrogens is 4. The molecular weight excluding hydrogens is 2090 g/mol. The summed E-state index contributed by atoms with van der Waals surface area (Å²) in [5, 5.41) is 33.4. The van der Waals surface area contributed by atoms with Gasteiger partial charge in [-0.2, -0.15) is 111 Å². The van der Waals surface area contributed by atoms with Gasteiger partial charge in [0.1, 0.15) is 41.6 Å². The number of nitrogens with two attached hydrogens (primary N) is 2. The average molecular weight is 2130 g/mol. The second kappa shape index (κ2) is 54.4. The number of carbonyl (C=O) groups is 4. The Labute approximate surface area is 591 Å². The Kier molecular flexibility index (Phi) is 62.1. The second-order valence-corrected chi connectivity index (χ2v) is 49.1. The molecule has 2 heterocycles. The Morgan fingerprint density at radius 2 is 1.01 bits per heavy atom. The molecule has 0 aliphatic heterocycles. The van der Waals surface area contributed by atoms with Gasteiger partial charge in [-0.1, -0.05) is 11.6 Å². The van der Waals surface area contributed by atoms with Gasteiger partial charge in [-0.3, -0.25) is 34.6 Å². The maximum atomic E-state index is 12.8. The molecule has 0 bridgehead atoms. The molecule has 2 rings (SSSR count). The van der Waals surface area contributed by atoms with Crippen molar-refractivity contribution in [2.45, 2.75) is 99.8 Å². The Hall–Kier alpha value is -0.520. The fraction of sp³-hybridized carbons (Fsp3) is 0.647. The van der Waals surface area contributed by atoms with Gasteiger partial charge in [0.05, 0.1) is 75.0 Å². The summed E-state index contributed by atoms with van der Waals surface area (Å²) >= 11 is 32.4. The summed E-state index contributed by atoms with van der Waals surface area (Å²) in [5.74, 6) is -6.47. The van der Waals surface area contributed by atoms with E-state index in [0.29, 0.717) is 6.20 Å². The molecule has 2 aromatic heterocycles. The van der Waals surface area contributed by atoms with Crippen LogP contribution >= 0.6 is 163 Å². The zero-order valence-corrected chi connectivity index (χ0v) is 61.7. The Morgan fingerprint density at radius 3 is 1.30 bits per heavy atom. The molecule has 91 heavy (non-hydrogen) atoms. The summed E-state index contributed by atoms with van der Waals surface area (Å²) in [6.07, 6.45) is -35.8. The Balaban J connectivity index is -0.000000191. The first-order chi connectivity index (χ1) is 40.9. The van der Waals surface area contributed by atoms with E-state index in [1.165, 1.54) is 5.03 Å². The number of carboxylic acid groups (broad SMARTS) is 1. The SMILES string of the molecule is COC(=O)C(CC(F)(F)F)N(CCC(F)(F)F)c1nc(Cl)ncc1[N+](=O)[O-].COC(=O)C(CC(F)(F)F)NCCC(F)(F)F.COC(=O)C(N)CC(F)(F)F.ClCCl.NC(CC(F)(F)F)C(=O)O.O=[N+]([O-])c1cnc(Cl)nc1Cl.[B]I([B])I.[B][B]I.[B][B]I(I)I. The van der Waals surface area contributed by atoms with E-state index in [9.17, 15) is 118 Å². The molecule has 518 valence electrons. The minimum absolute atomic E-state index is 0.111. The third-order valence-electron chi connectivity index (χ3n) is 7.53. The van der Waals surface area contributed by atoms with Crippen LogP contribution in [-0.2, 0) is 33.4 Å². The second-order valence-electron chi connectivity index (χ2n) is 14.4. The third-order valence-corrected chi connectivity index (χ3v) is 12.4. The normalized spacial score (nSPS) is 12.5. The van der Waals surface area contributed by atoms with Crippen molar-refractivity contribution in [3.8, 4) is 0 Å². The van der Waals surface area contributed by atoms with Gasteiger partial charge in [0, 0.05) is 20.8 Å². The summed E-state index contributed by atoms with van der Waals surface area (Å²) in [7, 11) is 12.4. The van der Waals surface area contributed by atoms with Gasteiger partial charge >= 0.3 is 179 Å². The van der Waals surface area contributed by atoms with E-state index < -0.39 is 190 Å². The van der Waals surface area contributed by atoms with Crippen LogP contribution < -0.4 is 21.7 Å². The number of nitrogens with zero attached hydrogens (tertiary/aromatic N) is 7. The number of halogens is 29. The Morgan fingerprint density at radius 1 is 0.670 bits per heavy atom. The number of methoxy groups -OCH3 is 3.